The molecule has 2 amide bonds. The Bertz CT molecular complexity index is 899. The highest BCUT2D eigenvalue weighted by molar-refractivity contribution is 9.10. The minimum atomic E-state index is -0.163. The third-order valence-electron chi connectivity index (χ3n) is 5.16. The number of nitrogens with one attached hydrogen (secondary N) is 2. The first-order valence-corrected chi connectivity index (χ1v) is 9.94. The number of fused-ring (bicyclic) bond motifs is 1. The molecule has 3 unspecified atom stereocenters. The van der Waals surface area contributed by atoms with Gasteiger partial charge in [0.2, 0.25) is 5.91 Å². The summed E-state index contributed by atoms with van der Waals surface area (Å²) >= 11 is 3.47. The molecule has 0 spiro atoms. The highest BCUT2D eigenvalue weighted by Gasteiger charge is 2.39. The maximum Gasteiger partial charge on any atom is 0.251 e. The summed E-state index contributed by atoms with van der Waals surface area (Å²) in [7, 11) is 0. The van der Waals surface area contributed by atoms with Gasteiger partial charge in [-0.05, 0) is 48.7 Å². The summed E-state index contributed by atoms with van der Waals surface area (Å²) in [5.41, 5.74) is 2.15. The molecular formula is C21H21BrN2O3. The van der Waals surface area contributed by atoms with E-state index < -0.39 is 0 Å². The molecule has 5 nitrogen and oxygen atoms in total. The summed E-state index contributed by atoms with van der Waals surface area (Å²) in [6, 6.07) is 12.8. The van der Waals surface area contributed by atoms with Gasteiger partial charge >= 0.3 is 0 Å². The van der Waals surface area contributed by atoms with Crippen molar-refractivity contribution in [3.8, 4) is 5.75 Å². The van der Waals surface area contributed by atoms with Crippen molar-refractivity contribution in [1.29, 1.82) is 0 Å². The minimum Gasteiger partial charge on any atom is -0.493 e. The highest BCUT2D eigenvalue weighted by atomic mass is 79.9. The van der Waals surface area contributed by atoms with E-state index in [1.54, 1.807) is 18.2 Å². The van der Waals surface area contributed by atoms with E-state index in [9.17, 15) is 9.59 Å². The number of rotatable bonds is 4. The van der Waals surface area contributed by atoms with E-state index in [1.165, 1.54) is 0 Å². The van der Waals surface area contributed by atoms with Gasteiger partial charge in [0.1, 0.15) is 5.75 Å². The predicted molar refractivity (Wildman–Crippen MR) is 107 cm³/mol. The van der Waals surface area contributed by atoms with Crippen LogP contribution in [0.4, 0.5) is 5.69 Å². The number of anilines is 1. The molecule has 2 aromatic rings. The summed E-state index contributed by atoms with van der Waals surface area (Å²) in [5, 5.41) is 6.00. The van der Waals surface area contributed by atoms with E-state index in [1.807, 2.05) is 24.3 Å². The Morgan fingerprint density at radius 1 is 1.19 bits per heavy atom. The monoisotopic (exact) mass is 428 g/mol. The zero-order chi connectivity index (χ0) is 19.0. The molecule has 4 rings (SSSR count). The molecule has 0 radical (unpaired) electrons. The van der Waals surface area contributed by atoms with Gasteiger partial charge in [0.15, 0.2) is 0 Å². The number of carbonyl (C=O) groups is 2. The van der Waals surface area contributed by atoms with Crippen LogP contribution in [0.1, 0.15) is 41.7 Å². The number of hydrogen-bond acceptors (Lipinski definition) is 3. The Hall–Kier alpha value is -2.34. The van der Waals surface area contributed by atoms with Crippen LogP contribution in [0, 0.1) is 11.8 Å². The standard InChI is InChI=1S/C21H21BrN2O3/c1-12-9-16(12)21(26)23-15-4-2-3-13(10-15)20(25)24-18-7-8-27-19-6-5-14(22)11-17(18)19/h2-6,10-12,16,18H,7-9H2,1H3,(H,23,26)(H,24,25). The van der Waals surface area contributed by atoms with Gasteiger partial charge in [-0.25, -0.2) is 0 Å². The molecule has 6 heteroatoms. The largest absolute Gasteiger partial charge is 0.493 e. The van der Waals surface area contributed by atoms with Crippen LogP contribution in [0.25, 0.3) is 0 Å². The maximum atomic E-state index is 12.8. The molecule has 0 bridgehead atoms. The van der Waals surface area contributed by atoms with E-state index >= 15 is 0 Å². The number of halogens is 1. The van der Waals surface area contributed by atoms with Crippen LogP contribution >= 0.6 is 15.9 Å². The van der Waals surface area contributed by atoms with Crippen molar-refractivity contribution >= 4 is 33.4 Å². The van der Waals surface area contributed by atoms with Crippen LogP contribution in [0.3, 0.4) is 0 Å². The quantitative estimate of drug-likeness (QED) is 0.762. The summed E-state index contributed by atoms with van der Waals surface area (Å²) in [5.74, 6) is 1.21. The lowest BCUT2D eigenvalue weighted by molar-refractivity contribution is -0.117. The van der Waals surface area contributed by atoms with Crippen LogP contribution in [0.2, 0.25) is 0 Å². The lowest BCUT2D eigenvalue weighted by Gasteiger charge is -2.27. The summed E-state index contributed by atoms with van der Waals surface area (Å²) in [6.45, 7) is 2.63. The van der Waals surface area contributed by atoms with Crippen LogP contribution in [0.5, 0.6) is 5.75 Å². The molecule has 1 aliphatic heterocycles. The first kappa shape index (κ1) is 18.0. The normalized spacial score (nSPS) is 23.0. The van der Waals surface area contributed by atoms with Gasteiger partial charge in [-0.3, -0.25) is 9.59 Å². The first-order chi connectivity index (χ1) is 13.0. The van der Waals surface area contributed by atoms with Crippen molar-refractivity contribution in [2.45, 2.75) is 25.8 Å². The Balaban J connectivity index is 1.47. The van der Waals surface area contributed by atoms with Crippen molar-refractivity contribution in [2.75, 3.05) is 11.9 Å². The molecule has 27 heavy (non-hydrogen) atoms. The maximum absolute atomic E-state index is 12.8. The molecule has 140 valence electrons. The molecule has 1 saturated carbocycles. The topological polar surface area (TPSA) is 67.4 Å². The average molecular weight is 429 g/mol. The van der Waals surface area contributed by atoms with Gasteiger partial charge in [0, 0.05) is 33.6 Å². The lowest BCUT2D eigenvalue weighted by Crippen LogP contribution is -2.32. The van der Waals surface area contributed by atoms with Crippen LogP contribution in [0.15, 0.2) is 46.9 Å². The van der Waals surface area contributed by atoms with E-state index in [0.29, 0.717) is 30.2 Å². The van der Waals surface area contributed by atoms with Crippen molar-refractivity contribution in [3.05, 3.63) is 58.1 Å². The summed E-state index contributed by atoms with van der Waals surface area (Å²) in [4.78, 5) is 24.9. The van der Waals surface area contributed by atoms with Crippen molar-refractivity contribution in [1.82, 2.24) is 5.32 Å². The second-order valence-electron chi connectivity index (χ2n) is 7.23. The smallest absolute Gasteiger partial charge is 0.251 e. The average Bonchev–Trinajstić information content (AvgIpc) is 3.39. The third kappa shape index (κ3) is 4.00. The van der Waals surface area contributed by atoms with Crippen LogP contribution in [-0.4, -0.2) is 18.4 Å². The van der Waals surface area contributed by atoms with E-state index in [-0.39, 0.29) is 23.8 Å². The molecule has 3 atom stereocenters. The Labute approximate surface area is 166 Å². The fourth-order valence-corrected chi connectivity index (χ4v) is 3.80. The van der Waals surface area contributed by atoms with Crippen LogP contribution < -0.4 is 15.4 Å². The lowest BCUT2D eigenvalue weighted by atomic mass is 10.00. The molecule has 2 N–H and O–H groups in total. The second kappa shape index (κ2) is 7.35. The summed E-state index contributed by atoms with van der Waals surface area (Å²) in [6.07, 6.45) is 1.65. The predicted octanol–water partition coefficient (Wildman–Crippen LogP) is 4.30. The van der Waals surface area contributed by atoms with Crippen LogP contribution in [-0.2, 0) is 4.79 Å². The molecule has 1 fully saturated rings. The Kier molecular flexibility index (Phi) is 4.91. The molecule has 0 saturated heterocycles. The SMILES string of the molecule is CC1CC1C(=O)Nc1cccc(C(=O)NC2CCOc3ccc(Br)cc32)c1. The van der Waals surface area contributed by atoms with E-state index in [0.717, 1.165) is 22.2 Å². The van der Waals surface area contributed by atoms with E-state index in [2.05, 4.69) is 33.5 Å². The van der Waals surface area contributed by atoms with Crippen molar-refractivity contribution in [2.24, 2.45) is 11.8 Å². The van der Waals surface area contributed by atoms with Gasteiger partial charge in [0.05, 0.1) is 12.6 Å². The second-order valence-corrected chi connectivity index (χ2v) is 8.15. The zero-order valence-electron chi connectivity index (χ0n) is 15.0. The van der Waals surface area contributed by atoms with Gasteiger partial charge in [0.25, 0.3) is 5.91 Å². The number of ether oxygens (including phenoxy) is 1. The minimum absolute atomic E-state index is 0.0308. The van der Waals surface area contributed by atoms with Gasteiger partial charge in [-0.2, -0.15) is 0 Å². The van der Waals surface area contributed by atoms with Gasteiger partial charge in [-0.1, -0.05) is 28.9 Å². The number of carbonyl (C=O) groups excluding carboxylic acids is 2. The zero-order valence-corrected chi connectivity index (χ0v) is 16.6. The molecule has 2 aromatic carbocycles. The van der Waals surface area contributed by atoms with Gasteiger partial charge < -0.3 is 15.4 Å². The Morgan fingerprint density at radius 3 is 2.78 bits per heavy atom. The number of amides is 2. The molecule has 0 aromatic heterocycles. The van der Waals surface area contributed by atoms with E-state index in [4.69, 9.17) is 4.74 Å². The molecule has 1 aliphatic carbocycles. The summed E-state index contributed by atoms with van der Waals surface area (Å²) < 4.78 is 6.63. The Morgan fingerprint density at radius 2 is 2.00 bits per heavy atom. The third-order valence-corrected chi connectivity index (χ3v) is 5.65. The van der Waals surface area contributed by atoms with Crippen molar-refractivity contribution < 1.29 is 14.3 Å². The molecule has 2 aliphatic rings. The number of benzene rings is 2. The first-order valence-electron chi connectivity index (χ1n) is 9.15. The fourth-order valence-electron chi connectivity index (χ4n) is 3.42. The highest BCUT2D eigenvalue weighted by Crippen LogP contribution is 2.38. The fraction of sp³-hybridized carbons (Fsp3) is 0.333. The van der Waals surface area contributed by atoms with Gasteiger partial charge in [-0.15, -0.1) is 0 Å². The number of hydrogen-bond donors (Lipinski definition) is 2. The molecular weight excluding hydrogens is 408 g/mol. The molecule has 1 heterocycles. The van der Waals surface area contributed by atoms with Crippen molar-refractivity contribution in [3.63, 3.8) is 0 Å².